The molecule has 0 unspecified atom stereocenters. The SMILES string of the molecule is COc1ccc(NC(=O)c2cc(NC(=O)c3cc(C(C)(C)C)cc(C#N)c3OC)cnc2C)cc1. The molecule has 0 radical (unpaired) electrons. The second-order valence-corrected chi connectivity index (χ2v) is 8.96. The van der Waals surface area contributed by atoms with Gasteiger partial charge in [0.15, 0.2) is 0 Å². The monoisotopic (exact) mass is 472 g/mol. The number of carbonyl (C=O) groups is 2. The Labute approximate surface area is 204 Å². The quantitative estimate of drug-likeness (QED) is 0.517. The number of pyridine rings is 1. The molecule has 2 aromatic carbocycles. The molecule has 3 aromatic rings. The van der Waals surface area contributed by atoms with E-state index < -0.39 is 5.91 Å². The maximum atomic E-state index is 13.2. The highest BCUT2D eigenvalue weighted by atomic mass is 16.5. The van der Waals surface area contributed by atoms with Crippen LogP contribution < -0.4 is 20.1 Å². The number of aromatic nitrogens is 1. The highest BCUT2D eigenvalue weighted by Crippen LogP contribution is 2.32. The standard InChI is InChI=1S/C27H28N4O4/c1-16-22(25(32)30-19-7-9-21(34-5)10-8-19)13-20(15-29-16)31-26(33)23-12-18(27(2,3)4)11-17(14-28)24(23)35-6/h7-13,15H,1-6H3,(H,30,32)(H,31,33). The van der Waals surface area contributed by atoms with Crippen molar-refractivity contribution in [2.45, 2.75) is 33.1 Å². The third-order valence-corrected chi connectivity index (χ3v) is 5.46. The van der Waals surface area contributed by atoms with Gasteiger partial charge in [-0.2, -0.15) is 5.26 Å². The molecule has 0 spiro atoms. The topological polar surface area (TPSA) is 113 Å². The molecule has 0 aliphatic rings. The van der Waals surface area contributed by atoms with Crippen molar-refractivity contribution in [2.75, 3.05) is 24.9 Å². The molecular formula is C27H28N4O4. The number of nitriles is 1. The van der Waals surface area contributed by atoms with Crippen LogP contribution in [0.4, 0.5) is 11.4 Å². The molecule has 0 aliphatic heterocycles. The summed E-state index contributed by atoms with van der Waals surface area (Å²) < 4.78 is 10.5. The highest BCUT2D eigenvalue weighted by molar-refractivity contribution is 6.09. The van der Waals surface area contributed by atoms with Crippen molar-refractivity contribution in [3.8, 4) is 17.6 Å². The predicted molar refractivity (Wildman–Crippen MR) is 134 cm³/mol. The van der Waals surface area contributed by atoms with Crippen molar-refractivity contribution in [3.05, 3.63) is 76.6 Å². The Balaban J connectivity index is 1.90. The molecule has 180 valence electrons. The van der Waals surface area contributed by atoms with Crippen molar-refractivity contribution in [3.63, 3.8) is 0 Å². The smallest absolute Gasteiger partial charge is 0.259 e. The number of benzene rings is 2. The Kier molecular flexibility index (Phi) is 7.40. The molecule has 0 atom stereocenters. The van der Waals surface area contributed by atoms with Crippen LogP contribution >= 0.6 is 0 Å². The maximum Gasteiger partial charge on any atom is 0.259 e. The zero-order valence-electron chi connectivity index (χ0n) is 20.6. The number of rotatable bonds is 6. The number of aryl methyl sites for hydroxylation is 1. The van der Waals surface area contributed by atoms with Gasteiger partial charge in [0.2, 0.25) is 0 Å². The van der Waals surface area contributed by atoms with Crippen molar-refractivity contribution < 1.29 is 19.1 Å². The van der Waals surface area contributed by atoms with Crippen LogP contribution in [0.5, 0.6) is 11.5 Å². The molecule has 0 aliphatic carbocycles. The zero-order valence-corrected chi connectivity index (χ0v) is 20.6. The summed E-state index contributed by atoms with van der Waals surface area (Å²) in [6.45, 7) is 7.70. The van der Waals surface area contributed by atoms with Crippen LogP contribution in [-0.4, -0.2) is 31.0 Å². The van der Waals surface area contributed by atoms with Crippen molar-refractivity contribution >= 4 is 23.2 Å². The van der Waals surface area contributed by atoms with Gasteiger partial charge in [0.05, 0.1) is 48.5 Å². The minimum absolute atomic E-state index is 0.190. The van der Waals surface area contributed by atoms with E-state index in [0.29, 0.717) is 28.4 Å². The lowest BCUT2D eigenvalue weighted by Crippen LogP contribution is -2.19. The van der Waals surface area contributed by atoms with E-state index in [1.165, 1.54) is 13.3 Å². The summed E-state index contributed by atoms with van der Waals surface area (Å²) in [5.74, 6) is 0.0265. The molecule has 0 saturated carbocycles. The van der Waals surface area contributed by atoms with E-state index in [9.17, 15) is 14.9 Å². The van der Waals surface area contributed by atoms with Gasteiger partial charge in [-0.05, 0) is 60.4 Å². The summed E-state index contributed by atoms with van der Waals surface area (Å²) in [7, 11) is 2.98. The van der Waals surface area contributed by atoms with Crippen LogP contribution in [0, 0.1) is 18.3 Å². The van der Waals surface area contributed by atoms with Crippen LogP contribution in [0.15, 0.2) is 48.7 Å². The molecule has 2 N–H and O–H groups in total. The molecule has 1 heterocycles. The van der Waals surface area contributed by atoms with E-state index in [1.807, 2.05) is 20.8 Å². The summed E-state index contributed by atoms with van der Waals surface area (Å²) in [5.41, 5.74) is 2.78. The fourth-order valence-electron chi connectivity index (χ4n) is 3.44. The zero-order chi connectivity index (χ0) is 25.8. The number of anilines is 2. The molecule has 0 bridgehead atoms. The lowest BCUT2D eigenvalue weighted by molar-refractivity contribution is 0.101. The third-order valence-electron chi connectivity index (χ3n) is 5.46. The van der Waals surface area contributed by atoms with Crippen molar-refractivity contribution in [1.82, 2.24) is 4.98 Å². The van der Waals surface area contributed by atoms with E-state index in [2.05, 4.69) is 21.7 Å². The minimum Gasteiger partial charge on any atom is -0.497 e. The van der Waals surface area contributed by atoms with Gasteiger partial charge in [-0.3, -0.25) is 14.6 Å². The fourth-order valence-corrected chi connectivity index (χ4v) is 3.44. The first-order valence-electron chi connectivity index (χ1n) is 10.9. The molecule has 8 nitrogen and oxygen atoms in total. The largest absolute Gasteiger partial charge is 0.497 e. The van der Waals surface area contributed by atoms with E-state index in [0.717, 1.165) is 5.56 Å². The highest BCUT2D eigenvalue weighted by Gasteiger charge is 2.23. The van der Waals surface area contributed by atoms with E-state index >= 15 is 0 Å². The Hall–Kier alpha value is -4.38. The van der Waals surface area contributed by atoms with Crippen LogP contribution in [0.2, 0.25) is 0 Å². The number of methoxy groups -OCH3 is 2. The number of hydrogen-bond acceptors (Lipinski definition) is 6. The second-order valence-electron chi connectivity index (χ2n) is 8.96. The van der Waals surface area contributed by atoms with Gasteiger partial charge in [-0.15, -0.1) is 0 Å². The molecule has 8 heteroatoms. The minimum atomic E-state index is -0.475. The van der Waals surface area contributed by atoms with Gasteiger partial charge in [0.1, 0.15) is 17.6 Å². The predicted octanol–water partition coefficient (Wildman–Crippen LogP) is 5.08. The van der Waals surface area contributed by atoms with Crippen molar-refractivity contribution in [2.24, 2.45) is 0 Å². The molecule has 1 aromatic heterocycles. The normalized spacial score (nSPS) is 10.8. The average molecular weight is 473 g/mol. The first kappa shape index (κ1) is 25.2. The molecule has 35 heavy (non-hydrogen) atoms. The van der Waals surface area contributed by atoms with Gasteiger partial charge in [-0.1, -0.05) is 20.8 Å². The van der Waals surface area contributed by atoms with Crippen molar-refractivity contribution in [1.29, 1.82) is 5.26 Å². The molecule has 0 fully saturated rings. The number of nitrogens with zero attached hydrogens (tertiary/aromatic N) is 2. The molecule has 0 saturated heterocycles. The summed E-state index contributed by atoms with van der Waals surface area (Å²) in [6, 6.07) is 14.0. The number of nitrogens with one attached hydrogen (secondary N) is 2. The van der Waals surface area contributed by atoms with Crippen LogP contribution in [-0.2, 0) is 5.41 Å². The van der Waals surface area contributed by atoms with Crippen LogP contribution in [0.1, 0.15) is 58.3 Å². The molecule has 3 rings (SSSR count). The summed E-state index contributed by atoms with van der Waals surface area (Å²) >= 11 is 0. The summed E-state index contributed by atoms with van der Waals surface area (Å²) in [5, 5.41) is 15.2. The summed E-state index contributed by atoms with van der Waals surface area (Å²) in [4.78, 5) is 30.4. The first-order valence-corrected chi connectivity index (χ1v) is 10.9. The molecular weight excluding hydrogens is 444 g/mol. The number of ether oxygens (including phenoxy) is 2. The lowest BCUT2D eigenvalue weighted by Gasteiger charge is -2.22. The Morgan fingerprint density at radius 1 is 0.914 bits per heavy atom. The number of amides is 2. The number of hydrogen-bond donors (Lipinski definition) is 2. The van der Waals surface area contributed by atoms with Crippen LogP contribution in [0.3, 0.4) is 0 Å². The van der Waals surface area contributed by atoms with Gasteiger partial charge in [0.25, 0.3) is 11.8 Å². The second kappa shape index (κ2) is 10.3. The Morgan fingerprint density at radius 3 is 2.11 bits per heavy atom. The Bertz CT molecular complexity index is 1300. The maximum absolute atomic E-state index is 13.2. The van der Waals surface area contributed by atoms with E-state index in [-0.39, 0.29) is 28.2 Å². The third kappa shape index (κ3) is 5.76. The summed E-state index contributed by atoms with van der Waals surface area (Å²) in [6.07, 6.45) is 1.47. The van der Waals surface area contributed by atoms with Crippen LogP contribution in [0.25, 0.3) is 0 Å². The van der Waals surface area contributed by atoms with E-state index in [4.69, 9.17) is 9.47 Å². The average Bonchev–Trinajstić information content (AvgIpc) is 2.83. The fraction of sp³-hybridized carbons (Fsp3) is 0.259. The van der Waals surface area contributed by atoms with Gasteiger partial charge in [0, 0.05) is 5.69 Å². The van der Waals surface area contributed by atoms with Gasteiger partial charge >= 0.3 is 0 Å². The van der Waals surface area contributed by atoms with Gasteiger partial charge in [-0.25, -0.2) is 0 Å². The number of carbonyl (C=O) groups excluding carboxylic acids is 2. The first-order chi connectivity index (χ1) is 16.6. The molecule has 2 amide bonds. The van der Waals surface area contributed by atoms with E-state index in [1.54, 1.807) is 56.5 Å². The Morgan fingerprint density at radius 2 is 1.54 bits per heavy atom. The van der Waals surface area contributed by atoms with Gasteiger partial charge < -0.3 is 20.1 Å². The lowest BCUT2D eigenvalue weighted by atomic mass is 9.84.